The summed E-state index contributed by atoms with van der Waals surface area (Å²) in [6.07, 6.45) is 5.07. The Hall–Kier alpha value is -1.31. The van der Waals surface area contributed by atoms with Crippen molar-refractivity contribution in [1.29, 1.82) is 0 Å². The Kier molecular flexibility index (Phi) is 5.75. The van der Waals surface area contributed by atoms with Gasteiger partial charge in [0.05, 0.1) is 13.1 Å². The fraction of sp³-hybridized carbons (Fsp3) is 0.308. The molecular weight excluding hydrogens is 280 g/mol. The average Bonchev–Trinajstić information content (AvgIpc) is 2.29. The Morgan fingerprint density at radius 1 is 1.53 bits per heavy atom. The highest BCUT2D eigenvalue weighted by molar-refractivity contribution is 9.10. The molecular formula is C13H15BrN2O. The summed E-state index contributed by atoms with van der Waals surface area (Å²) in [6, 6.07) is 7.96. The molecule has 0 bridgehead atoms. The number of likely N-dealkylation sites (N-methyl/N-ethyl adjacent to an activating group) is 1. The molecule has 0 saturated heterocycles. The lowest BCUT2D eigenvalue weighted by Crippen LogP contribution is -2.35. The highest BCUT2D eigenvalue weighted by Crippen LogP contribution is 2.16. The van der Waals surface area contributed by atoms with Gasteiger partial charge in [0.1, 0.15) is 0 Å². The van der Waals surface area contributed by atoms with Gasteiger partial charge in [-0.05, 0) is 18.7 Å². The fourth-order valence-corrected chi connectivity index (χ4v) is 1.83. The van der Waals surface area contributed by atoms with Crippen molar-refractivity contribution >= 4 is 21.8 Å². The van der Waals surface area contributed by atoms with Crippen LogP contribution < -0.4 is 5.32 Å². The quantitative estimate of drug-likeness (QED) is 0.837. The Labute approximate surface area is 110 Å². The molecule has 0 aliphatic rings. The summed E-state index contributed by atoms with van der Waals surface area (Å²) in [7, 11) is 1.90. The van der Waals surface area contributed by atoms with Crippen molar-refractivity contribution in [2.45, 2.75) is 6.54 Å². The second-order valence-electron chi connectivity index (χ2n) is 3.74. The largest absolute Gasteiger partial charge is 0.344 e. The van der Waals surface area contributed by atoms with Gasteiger partial charge >= 0.3 is 0 Å². The van der Waals surface area contributed by atoms with Crippen LogP contribution in [-0.4, -0.2) is 30.9 Å². The maximum atomic E-state index is 11.4. The fourth-order valence-electron chi connectivity index (χ4n) is 1.42. The SMILES string of the molecule is C#CCNC(=O)CN(C)Cc1ccccc1Br. The third-order valence-corrected chi connectivity index (χ3v) is 2.97. The Morgan fingerprint density at radius 3 is 2.88 bits per heavy atom. The van der Waals surface area contributed by atoms with Gasteiger partial charge in [0.25, 0.3) is 0 Å². The number of nitrogens with zero attached hydrogens (tertiary/aromatic N) is 1. The first-order chi connectivity index (χ1) is 8.13. The van der Waals surface area contributed by atoms with Crippen LogP contribution in [0.4, 0.5) is 0 Å². The maximum Gasteiger partial charge on any atom is 0.234 e. The van der Waals surface area contributed by atoms with Crippen LogP contribution >= 0.6 is 15.9 Å². The van der Waals surface area contributed by atoms with Crippen molar-refractivity contribution in [2.24, 2.45) is 0 Å². The van der Waals surface area contributed by atoms with Crippen LogP contribution in [0.25, 0.3) is 0 Å². The number of benzene rings is 1. The molecule has 0 saturated carbocycles. The van der Waals surface area contributed by atoms with Gasteiger partial charge < -0.3 is 5.32 Å². The standard InChI is InChI=1S/C13H15BrN2O/c1-3-8-15-13(17)10-16(2)9-11-6-4-5-7-12(11)14/h1,4-7H,8-10H2,2H3,(H,15,17). The third kappa shape index (κ3) is 5.03. The first-order valence-electron chi connectivity index (χ1n) is 5.25. The summed E-state index contributed by atoms with van der Waals surface area (Å²) in [5, 5.41) is 2.64. The first-order valence-corrected chi connectivity index (χ1v) is 6.05. The predicted molar refractivity (Wildman–Crippen MR) is 72.3 cm³/mol. The number of halogens is 1. The number of carbonyl (C=O) groups is 1. The number of hydrogen-bond donors (Lipinski definition) is 1. The average molecular weight is 295 g/mol. The lowest BCUT2D eigenvalue weighted by molar-refractivity contribution is -0.121. The summed E-state index contributed by atoms with van der Waals surface area (Å²) >= 11 is 3.48. The summed E-state index contributed by atoms with van der Waals surface area (Å²) in [5.74, 6) is 2.31. The number of terminal acetylenes is 1. The molecule has 0 heterocycles. The zero-order valence-corrected chi connectivity index (χ0v) is 11.3. The zero-order valence-electron chi connectivity index (χ0n) is 9.74. The molecule has 0 aliphatic carbocycles. The molecule has 0 atom stereocenters. The van der Waals surface area contributed by atoms with E-state index in [1.807, 2.05) is 36.2 Å². The van der Waals surface area contributed by atoms with E-state index >= 15 is 0 Å². The Balaban J connectivity index is 2.45. The smallest absolute Gasteiger partial charge is 0.234 e. The maximum absolute atomic E-state index is 11.4. The van der Waals surface area contributed by atoms with E-state index in [4.69, 9.17) is 6.42 Å². The summed E-state index contributed by atoms with van der Waals surface area (Å²) in [4.78, 5) is 13.4. The summed E-state index contributed by atoms with van der Waals surface area (Å²) in [6.45, 7) is 1.33. The molecule has 1 aromatic rings. The second kappa shape index (κ2) is 7.10. The lowest BCUT2D eigenvalue weighted by atomic mass is 10.2. The van der Waals surface area contributed by atoms with Crippen molar-refractivity contribution in [2.75, 3.05) is 20.1 Å². The highest BCUT2D eigenvalue weighted by atomic mass is 79.9. The number of nitrogens with one attached hydrogen (secondary N) is 1. The van der Waals surface area contributed by atoms with Gasteiger partial charge in [0.2, 0.25) is 5.91 Å². The number of carbonyl (C=O) groups excluding carboxylic acids is 1. The molecule has 0 radical (unpaired) electrons. The van der Waals surface area contributed by atoms with E-state index in [1.165, 1.54) is 0 Å². The second-order valence-corrected chi connectivity index (χ2v) is 4.60. The number of hydrogen-bond acceptors (Lipinski definition) is 2. The van der Waals surface area contributed by atoms with E-state index in [-0.39, 0.29) is 12.5 Å². The van der Waals surface area contributed by atoms with Crippen molar-refractivity contribution in [3.8, 4) is 12.3 Å². The van der Waals surface area contributed by atoms with Crippen LogP contribution in [0, 0.1) is 12.3 Å². The van der Waals surface area contributed by atoms with Gasteiger partial charge in [0.15, 0.2) is 0 Å². The minimum absolute atomic E-state index is 0.0579. The summed E-state index contributed by atoms with van der Waals surface area (Å²) < 4.78 is 1.05. The van der Waals surface area contributed by atoms with Crippen LogP contribution in [0.5, 0.6) is 0 Å². The van der Waals surface area contributed by atoms with E-state index in [9.17, 15) is 4.79 Å². The van der Waals surface area contributed by atoms with Gasteiger partial charge in [0, 0.05) is 11.0 Å². The highest BCUT2D eigenvalue weighted by Gasteiger charge is 2.07. The van der Waals surface area contributed by atoms with E-state index in [2.05, 4.69) is 27.2 Å². The molecule has 0 aromatic heterocycles. The van der Waals surface area contributed by atoms with Crippen LogP contribution in [0.2, 0.25) is 0 Å². The van der Waals surface area contributed by atoms with E-state index < -0.39 is 0 Å². The predicted octanol–water partition coefficient (Wildman–Crippen LogP) is 1.63. The van der Waals surface area contributed by atoms with Gasteiger partial charge in [-0.2, -0.15) is 0 Å². The van der Waals surface area contributed by atoms with Gasteiger partial charge in [-0.25, -0.2) is 0 Å². The molecule has 17 heavy (non-hydrogen) atoms. The van der Waals surface area contributed by atoms with Gasteiger partial charge in [-0.1, -0.05) is 40.0 Å². The molecule has 1 rings (SSSR count). The van der Waals surface area contributed by atoms with Gasteiger partial charge in [-0.3, -0.25) is 9.69 Å². The van der Waals surface area contributed by atoms with Crippen LogP contribution in [0.3, 0.4) is 0 Å². The molecule has 0 fully saturated rings. The zero-order chi connectivity index (χ0) is 12.7. The Morgan fingerprint density at radius 2 is 2.24 bits per heavy atom. The van der Waals surface area contributed by atoms with E-state index in [1.54, 1.807) is 0 Å². The monoisotopic (exact) mass is 294 g/mol. The molecule has 1 N–H and O–H groups in total. The molecule has 0 aliphatic heterocycles. The van der Waals surface area contributed by atoms with Crippen molar-refractivity contribution in [3.05, 3.63) is 34.3 Å². The van der Waals surface area contributed by atoms with Gasteiger partial charge in [-0.15, -0.1) is 6.42 Å². The van der Waals surface area contributed by atoms with E-state index in [0.29, 0.717) is 13.1 Å². The van der Waals surface area contributed by atoms with Crippen molar-refractivity contribution < 1.29 is 4.79 Å². The summed E-state index contributed by atoms with van der Waals surface area (Å²) in [5.41, 5.74) is 1.15. The molecule has 4 heteroatoms. The Bertz CT molecular complexity index is 426. The first kappa shape index (κ1) is 13.8. The van der Waals surface area contributed by atoms with Crippen LogP contribution in [-0.2, 0) is 11.3 Å². The normalized spacial score (nSPS) is 10.0. The molecule has 3 nitrogen and oxygen atoms in total. The number of rotatable bonds is 5. The molecule has 1 aromatic carbocycles. The topological polar surface area (TPSA) is 32.3 Å². The third-order valence-electron chi connectivity index (χ3n) is 2.20. The number of amides is 1. The minimum atomic E-state index is -0.0579. The molecule has 0 spiro atoms. The van der Waals surface area contributed by atoms with Crippen molar-refractivity contribution in [3.63, 3.8) is 0 Å². The van der Waals surface area contributed by atoms with Crippen LogP contribution in [0.15, 0.2) is 28.7 Å². The molecule has 1 amide bonds. The van der Waals surface area contributed by atoms with E-state index in [0.717, 1.165) is 10.0 Å². The molecule has 90 valence electrons. The minimum Gasteiger partial charge on any atom is -0.344 e. The van der Waals surface area contributed by atoms with Crippen molar-refractivity contribution in [1.82, 2.24) is 10.2 Å². The van der Waals surface area contributed by atoms with Crippen LogP contribution in [0.1, 0.15) is 5.56 Å². The molecule has 0 unspecified atom stereocenters. The lowest BCUT2D eigenvalue weighted by Gasteiger charge is -2.16.